The highest BCUT2D eigenvalue weighted by Gasteiger charge is 2.25. The van der Waals surface area contributed by atoms with Crippen LogP contribution in [0.2, 0.25) is 0 Å². The van der Waals surface area contributed by atoms with Crippen molar-refractivity contribution in [3.8, 4) is 5.75 Å². The zero-order valence-corrected chi connectivity index (χ0v) is 13.1. The monoisotopic (exact) mass is 286 g/mol. The van der Waals surface area contributed by atoms with E-state index in [0.29, 0.717) is 23.7 Å². The highest BCUT2D eigenvalue weighted by Crippen LogP contribution is 2.32. The highest BCUT2D eigenvalue weighted by molar-refractivity contribution is 5.38. The number of hydrogen-bond donors (Lipinski definition) is 1. The van der Waals surface area contributed by atoms with Crippen molar-refractivity contribution < 1.29 is 9.84 Å². The standard InChI is InChI=1S/C17H22N2O2/c1-17(2,3)16-15(21-4)13(11-20)18-14(19-16)10-12-8-6-5-7-9-12/h5-9,20H,10-11H2,1-4H3. The van der Waals surface area contributed by atoms with Crippen molar-refractivity contribution in [3.63, 3.8) is 0 Å². The molecule has 1 heterocycles. The van der Waals surface area contributed by atoms with E-state index in [1.54, 1.807) is 7.11 Å². The maximum Gasteiger partial charge on any atom is 0.164 e. The van der Waals surface area contributed by atoms with Gasteiger partial charge in [0.1, 0.15) is 11.5 Å². The van der Waals surface area contributed by atoms with Crippen LogP contribution in [-0.4, -0.2) is 22.2 Å². The summed E-state index contributed by atoms with van der Waals surface area (Å²) in [5.74, 6) is 1.29. The molecule has 2 aromatic rings. The van der Waals surface area contributed by atoms with Crippen molar-refractivity contribution in [2.24, 2.45) is 0 Å². The Kier molecular flexibility index (Phi) is 4.58. The minimum Gasteiger partial charge on any atom is -0.493 e. The van der Waals surface area contributed by atoms with Crippen LogP contribution in [0.15, 0.2) is 30.3 Å². The van der Waals surface area contributed by atoms with Gasteiger partial charge in [0.05, 0.1) is 19.4 Å². The van der Waals surface area contributed by atoms with Crippen LogP contribution in [0.25, 0.3) is 0 Å². The molecule has 0 saturated carbocycles. The van der Waals surface area contributed by atoms with Crippen LogP contribution in [0.1, 0.15) is 43.5 Å². The zero-order chi connectivity index (χ0) is 15.5. The maximum absolute atomic E-state index is 9.56. The van der Waals surface area contributed by atoms with Crippen LogP contribution >= 0.6 is 0 Å². The van der Waals surface area contributed by atoms with Gasteiger partial charge in [0.15, 0.2) is 5.75 Å². The van der Waals surface area contributed by atoms with Gasteiger partial charge in [0.25, 0.3) is 0 Å². The molecule has 0 atom stereocenters. The fraction of sp³-hybridized carbons (Fsp3) is 0.412. The molecule has 0 bridgehead atoms. The molecule has 0 spiro atoms. The summed E-state index contributed by atoms with van der Waals surface area (Å²) in [6.07, 6.45) is 0.640. The Hall–Kier alpha value is -1.94. The predicted molar refractivity (Wildman–Crippen MR) is 82.5 cm³/mol. The first-order chi connectivity index (χ1) is 9.95. The van der Waals surface area contributed by atoms with Crippen molar-refractivity contribution in [2.45, 2.75) is 39.2 Å². The van der Waals surface area contributed by atoms with E-state index in [1.807, 2.05) is 30.3 Å². The Morgan fingerprint density at radius 2 is 1.76 bits per heavy atom. The molecule has 21 heavy (non-hydrogen) atoms. The summed E-state index contributed by atoms with van der Waals surface area (Å²) in [6, 6.07) is 10.1. The lowest BCUT2D eigenvalue weighted by Gasteiger charge is -2.22. The molecule has 2 rings (SSSR count). The second-order valence-electron chi connectivity index (χ2n) is 6.04. The number of rotatable bonds is 4. The average molecular weight is 286 g/mol. The first kappa shape index (κ1) is 15.4. The van der Waals surface area contributed by atoms with E-state index in [2.05, 4.69) is 30.7 Å². The van der Waals surface area contributed by atoms with E-state index in [4.69, 9.17) is 4.74 Å². The molecule has 0 aliphatic rings. The molecule has 112 valence electrons. The molecular weight excluding hydrogens is 264 g/mol. The van der Waals surface area contributed by atoms with Crippen LogP contribution in [-0.2, 0) is 18.4 Å². The van der Waals surface area contributed by atoms with E-state index < -0.39 is 0 Å². The number of ether oxygens (including phenoxy) is 1. The summed E-state index contributed by atoms with van der Waals surface area (Å²) in [6.45, 7) is 6.07. The quantitative estimate of drug-likeness (QED) is 0.939. The molecule has 4 heteroatoms. The molecule has 0 amide bonds. The van der Waals surface area contributed by atoms with E-state index in [1.165, 1.54) is 0 Å². The minimum atomic E-state index is -0.177. The molecular formula is C17H22N2O2. The Labute approximate surface area is 125 Å². The number of benzene rings is 1. The number of aliphatic hydroxyl groups is 1. The second-order valence-corrected chi connectivity index (χ2v) is 6.04. The number of aliphatic hydroxyl groups excluding tert-OH is 1. The number of nitrogens with zero attached hydrogens (tertiary/aromatic N) is 2. The summed E-state index contributed by atoms with van der Waals surface area (Å²) in [5.41, 5.74) is 2.34. The lowest BCUT2D eigenvalue weighted by atomic mass is 9.90. The molecule has 4 nitrogen and oxygen atoms in total. The maximum atomic E-state index is 9.56. The molecule has 0 radical (unpaired) electrons. The summed E-state index contributed by atoms with van der Waals surface area (Å²) < 4.78 is 5.41. The SMILES string of the molecule is COc1c(CO)nc(Cc2ccccc2)nc1C(C)(C)C. The lowest BCUT2D eigenvalue weighted by molar-refractivity contribution is 0.265. The average Bonchev–Trinajstić information content (AvgIpc) is 2.46. The molecule has 0 aliphatic heterocycles. The molecule has 1 aromatic heterocycles. The lowest BCUT2D eigenvalue weighted by Crippen LogP contribution is -2.19. The number of hydrogen-bond acceptors (Lipinski definition) is 4. The van der Waals surface area contributed by atoms with Crippen molar-refractivity contribution in [1.82, 2.24) is 9.97 Å². The predicted octanol–water partition coefficient (Wildman–Crippen LogP) is 2.87. The van der Waals surface area contributed by atoms with Gasteiger partial charge in [-0.1, -0.05) is 51.1 Å². The van der Waals surface area contributed by atoms with Crippen molar-refractivity contribution in [1.29, 1.82) is 0 Å². The van der Waals surface area contributed by atoms with E-state index in [-0.39, 0.29) is 12.0 Å². The van der Waals surface area contributed by atoms with Crippen molar-refractivity contribution in [2.75, 3.05) is 7.11 Å². The minimum absolute atomic E-state index is 0.156. The first-order valence-corrected chi connectivity index (χ1v) is 7.04. The van der Waals surface area contributed by atoms with Gasteiger partial charge in [-0.15, -0.1) is 0 Å². The van der Waals surface area contributed by atoms with E-state index in [0.717, 1.165) is 11.3 Å². The van der Waals surface area contributed by atoms with Gasteiger partial charge >= 0.3 is 0 Å². The fourth-order valence-electron chi connectivity index (χ4n) is 2.24. The highest BCUT2D eigenvalue weighted by atomic mass is 16.5. The van der Waals surface area contributed by atoms with Crippen molar-refractivity contribution >= 4 is 0 Å². The van der Waals surface area contributed by atoms with E-state index in [9.17, 15) is 5.11 Å². The Balaban J connectivity index is 2.48. The van der Waals surface area contributed by atoms with Gasteiger partial charge in [-0.2, -0.15) is 0 Å². The van der Waals surface area contributed by atoms with Crippen molar-refractivity contribution in [3.05, 3.63) is 53.1 Å². The third kappa shape index (κ3) is 3.58. The van der Waals surface area contributed by atoms with Crippen LogP contribution < -0.4 is 4.74 Å². The number of aromatic nitrogens is 2. The summed E-state index contributed by atoms with van der Waals surface area (Å²) in [5, 5.41) is 9.56. The Morgan fingerprint density at radius 3 is 2.29 bits per heavy atom. The summed E-state index contributed by atoms with van der Waals surface area (Å²) in [7, 11) is 1.59. The van der Waals surface area contributed by atoms with Gasteiger partial charge < -0.3 is 9.84 Å². The second kappa shape index (κ2) is 6.22. The molecule has 1 aromatic carbocycles. The normalized spacial score (nSPS) is 11.5. The third-order valence-electron chi connectivity index (χ3n) is 3.25. The van der Waals surface area contributed by atoms with Crippen LogP contribution in [0, 0.1) is 0 Å². The first-order valence-electron chi connectivity index (χ1n) is 7.04. The molecule has 0 aliphatic carbocycles. The topological polar surface area (TPSA) is 55.2 Å². The fourth-order valence-corrected chi connectivity index (χ4v) is 2.24. The molecule has 0 fully saturated rings. The Bertz CT molecular complexity index is 604. The van der Waals surface area contributed by atoms with Crippen LogP contribution in [0.5, 0.6) is 5.75 Å². The van der Waals surface area contributed by atoms with Gasteiger partial charge in [0.2, 0.25) is 0 Å². The summed E-state index contributed by atoms with van der Waals surface area (Å²) in [4.78, 5) is 9.12. The van der Waals surface area contributed by atoms with Crippen LogP contribution in [0.3, 0.4) is 0 Å². The van der Waals surface area contributed by atoms with E-state index >= 15 is 0 Å². The molecule has 1 N–H and O–H groups in total. The largest absolute Gasteiger partial charge is 0.493 e. The van der Waals surface area contributed by atoms with Gasteiger partial charge in [-0.25, -0.2) is 9.97 Å². The third-order valence-corrected chi connectivity index (χ3v) is 3.25. The molecule has 0 saturated heterocycles. The molecule has 0 unspecified atom stereocenters. The summed E-state index contributed by atoms with van der Waals surface area (Å²) >= 11 is 0. The number of methoxy groups -OCH3 is 1. The smallest absolute Gasteiger partial charge is 0.164 e. The van der Waals surface area contributed by atoms with Gasteiger partial charge in [-0.3, -0.25) is 0 Å². The Morgan fingerprint density at radius 1 is 1.10 bits per heavy atom. The van der Waals surface area contributed by atoms with Gasteiger partial charge in [-0.05, 0) is 5.56 Å². The van der Waals surface area contributed by atoms with Gasteiger partial charge in [0, 0.05) is 11.8 Å². The van der Waals surface area contributed by atoms with Crippen LogP contribution in [0.4, 0.5) is 0 Å². The zero-order valence-electron chi connectivity index (χ0n) is 13.1.